The van der Waals surface area contributed by atoms with Gasteiger partial charge in [-0.3, -0.25) is 4.99 Å². The number of hydrogen-bond donors (Lipinski definition) is 2. The van der Waals surface area contributed by atoms with E-state index >= 15 is 0 Å². The van der Waals surface area contributed by atoms with Gasteiger partial charge in [0.05, 0.1) is 6.34 Å². The monoisotopic (exact) mass is 484 g/mol. The first-order valence-corrected chi connectivity index (χ1v) is 14.1. The summed E-state index contributed by atoms with van der Waals surface area (Å²) in [6, 6.07) is 0.413. The van der Waals surface area contributed by atoms with Crippen LogP contribution < -0.4 is 10.6 Å². The Hall–Kier alpha value is -0.730. The third kappa shape index (κ3) is 14.6. The molecule has 34 heavy (non-hydrogen) atoms. The van der Waals surface area contributed by atoms with Gasteiger partial charge in [-0.05, 0) is 45.6 Å². The van der Waals surface area contributed by atoms with Gasteiger partial charge >= 0.3 is 0 Å². The van der Waals surface area contributed by atoms with Gasteiger partial charge in [-0.15, -0.1) is 0 Å². The Labute approximate surface area is 213 Å². The molecule has 0 heterocycles. The SMILES string of the molecule is CCCCCC(CCOC(CC)N(C)N(CC)CN=CN(CC)C(C)CNCCNC)C(C)C. The van der Waals surface area contributed by atoms with Crippen LogP contribution in [0.25, 0.3) is 0 Å². The average molecular weight is 485 g/mol. The van der Waals surface area contributed by atoms with Crippen LogP contribution in [0.5, 0.6) is 0 Å². The molecule has 0 amide bonds. The lowest BCUT2D eigenvalue weighted by Gasteiger charge is -2.36. The molecule has 0 aromatic rings. The molecule has 7 heteroatoms. The van der Waals surface area contributed by atoms with Gasteiger partial charge in [0.2, 0.25) is 0 Å². The molecular weight excluding hydrogens is 424 g/mol. The highest BCUT2D eigenvalue weighted by Crippen LogP contribution is 2.23. The number of rotatable bonds is 23. The van der Waals surface area contributed by atoms with Crippen molar-refractivity contribution in [3.63, 3.8) is 0 Å². The second kappa shape index (κ2) is 21.5. The van der Waals surface area contributed by atoms with Crippen molar-refractivity contribution in [2.75, 3.05) is 60.1 Å². The number of hydrogen-bond acceptors (Lipinski definition) is 6. The van der Waals surface area contributed by atoms with E-state index in [1.165, 1.54) is 25.7 Å². The van der Waals surface area contributed by atoms with Gasteiger partial charge < -0.3 is 20.3 Å². The molecule has 3 unspecified atom stereocenters. The Bertz CT molecular complexity index is 476. The smallest absolute Gasteiger partial charge is 0.122 e. The fourth-order valence-corrected chi connectivity index (χ4v) is 4.30. The summed E-state index contributed by atoms with van der Waals surface area (Å²) in [5, 5.41) is 11.2. The molecule has 0 bridgehead atoms. The van der Waals surface area contributed by atoms with E-state index in [9.17, 15) is 0 Å². The largest absolute Gasteiger partial charge is 0.362 e. The number of nitrogens with one attached hydrogen (secondary N) is 2. The predicted octanol–water partition coefficient (Wildman–Crippen LogP) is 4.66. The van der Waals surface area contributed by atoms with Crippen LogP contribution >= 0.6 is 0 Å². The highest BCUT2D eigenvalue weighted by molar-refractivity contribution is 5.55. The van der Waals surface area contributed by atoms with Gasteiger partial charge in [0.15, 0.2) is 0 Å². The minimum Gasteiger partial charge on any atom is -0.362 e. The van der Waals surface area contributed by atoms with Gasteiger partial charge in [0, 0.05) is 52.4 Å². The molecule has 0 fully saturated rings. The van der Waals surface area contributed by atoms with Gasteiger partial charge in [0.1, 0.15) is 12.9 Å². The van der Waals surface area contributed by atoms with Crippen molar-refractivity contribution in [3.05, 3.63) is 0 Å². The molecule has 0 aliphatic carbocycles. The highest BCUT2D eigenvalue weighted by Gasteiger charge is 2.20. The number of nitrogens with zero attached hydrogens (tertiary/aromatic N) is 4. The Morgan fingerprint density at radius 2 is 1.71 bits per heavy atom. The lowest BCUT2D eigenvalue weighted by atomic mass is 9.88. The molecule has 3 atom stereocenters. The number of unbranched alkanes of at least 4 members (excludes halogenated alkanes) is 2. The van der Waals surface area contributed by atoms with Crippen LogP contribution in [0.4, 0.5) is 0 Å². The minimum absolute atomic E-state index is 0.0937. The van der Waals surface area contributed by atoms with Gasteiger partial charge in [0.25, 0.3) is 0 Å². The van der Waals surface area contributed by atoms with E-state index in [4.69, 9.17) is 9.73 Å². The summed E-state index contributed by atoms with van der Waals surface area (Å²) >= 11 is 0. The maximum absolute atomic E-state index is 6.38. The Morgan fingerprint density at radius 1 is 0.971 bits per heavy atom. The average Bonchev–Trinajstić information content (AvgIpc) is 2.83. The number of hydrazine groups is 1. The minimum atomic E-state index is 0.0937. The van der Waals surface area contributed by atoms with Crippen molar-refractivity contribution in [1.82, 2.24) is 25.6 Å². The second-order valence-corrected chi connectivity index (χ2v) is 9.85. The molecule has 0 saturated carbocycles. The lowest BCUT2D eigenvalue weighted by molar-refractivity contribution is -0.152. The lowest BCUT2D eigenvalue weighted by Crippen LogP contribution is -2.47. The maximum atomic E-state index is 6.38. The third-order valence-electron chi connectivity index (χ3n) is 6.90. The summed E-state index contributed by atoms with van der Waals surface area (Å²) in [6.45, 7) is 22.1. The molecule has 0 aliphatic rings. The third-order valence-corrected chi connectivity index (χ3v) is 6.90. The van der Waals surface area contributed by atoms with E-state index in [0.29, 0.717) is 12.7 Å². The van der Waals surface area contributed by atoms with Crippen LogP contribution in [0.3, 0.4) is 0 Å². The zero-order chi connectivity index (χ0) is 25.8. The normalized spacial score (nSPS) is 15.1. The molecule has 0 rings (SSSR count). The van der Waals surface area contributed by atoms with Crippen LogP contribution in [-0.2, 0) is 4.74 Å². The van der Waals surface area contributed by atoms with Crippen LogP contribution in [-0.4, -0.2) is 93.6 Å². The molecule has 0 aromatic heterocycles. The zero-order valence-corrected chi connectivity index (χ0v) is 24.3. The van der Waals surface area contributed by atoms with Crippen molar-refractivity contribution in [2.45, 2.75) is 99.3 Å². The summed E-state index contributed by atoms with van der Waals surface area (Å²) in [4.78, 5) is 7.08. The maximum Gasteiger partial charge on any atom is 0.122 e. The van der Waals surface area contributed by atoms with Gasteiger partial charge in [-0.1, -0.05) is 60.3 Å². The van der Waals surface area contributed by atoms with Crippen LogP contribution in [0.15, 0.2) is 4.99 Å². The van der Waals surface area contributed by atoms with E-state index in [1.807, 2.05) is 13.4 Å². The molecule has 0 aromatic carbocycles. The number of likely N-dealkylation sites (N-methyl/N-ethyl adjacent to an activating group) is 2. The van der Waals surface area contributed by atoms with Crippen molar-refractivity contribution in [3.8, 4) is 0 Å². The van der Waals surface area contributed by atoms with Crippen LogP contribution in [0.2, 0.25) is 0 Å². The Kier molecular flexibility index (Phi) is 21.1. The fourth-order valence-electron chi connectivity index (χ4n) is 4.30. The standard InChI is InChI=1S/C27H60N6O/c1-10-14-15-16-26(24(5)6)17-20-34-27(11-2)31(9)33(13-4)23-30-22-32(12-3)25(7)21-29-19-18-28-8/h22,24-29H,10-21,23H2,1-9H3. The quantitative estimate of drug-likeness (QED) is 0.0723. The Morgan fingerprint density at radius 3 is 2.26 bits per heavy atom. The Balaban J connectivity index is 4.68. The molecule has 2 N–H and O–H groups in total. The summed E-state index contributed by atoms with van der Waals surface area (Å²) in [5.74, 6) is 1.48. The molecule has 0 spiro atoms. The molecule has 0 saturated heterocycles. The van der Waals surface area contributed by atoms with Gasteiger partial charge in [-0.25, -0.2) is 10.0 Å². The van der Waals surface area contributed by atoms with E-state index in [2.05, 4.69) is 81.1 Å². The second-order valence-electron chi connectivity index (χ2n) is 9.85. The van der Waals surface area contributed by atoms with Gasteiger partial charge in [-0.2, -0.15) is 0 Å². The molecular formula is C27H60N6O. The van der Waals surface area contributed by atoms with Crippen LogP contribution in [0, 0.1) is 11.8 Å². The fraction of sp³-hybridized carbons (Fsp3) is 0.963. The van der Waals surface area contributed by atoms with Crippen LogP contribution in [0.1, 0.15) is 87.0 Å². The van der Waals surface area contributed by atoms with E-state index < -0.39 is 0 Å². The van der Waals surface area contributed by atoms with E-state index in [1.54, 1.807) is 0 Å². The molecule has 7 nitrogen and oxygen atoms in total. The van der Waals surface area contributed by atoms with Crippen molar-refractivity contribution >= 4 is 6.34 Å². The summed E-state index contributed by atoms with van der Waals surface area (Å²) in [5.41, 5.74) is 0. The molecule has 204 valence electrons. The molecule has 0 aliphatic heterocycles. The summed E-state index contributed by atoms with van der Waals surface area (Å²) < 4.78 is 6.38. The number of ether oxygens (including phenoxy) is 1. The zero-order valence-electron chi connectivity index (χ0n) is 24.3. The van der Waals surface area contributed by atoms with Crippen molar-refractivity contribution < 1.29 is 4.74 Å². The highest BCUT2D eigenvalue weighted by atomic mass is 16.5. The van der Waals surface area contributed by atoms with Crippen molar-refractivity contribution in [2.24, 2.45) is 16.8 Å². The van der Waals surface area contributed by atoms with E-state index in [-0.39, 0.29) is 6.23 Å². The van der Waals surface area contributed by atoms with E-state index in [0.717, 1.165) is 64.0 Å². The number of aliphatic imine (C=N–C) groups is 1. The predicted molar refractivity (Wildman–Crippen MR) is 149 cm³/mol. The van der Waals surface area contributed by atoms with Crippen molar-refractivity contribution in [1.29, 1.82) is 0 Å². The summed E-state index contributed by atoms with van der Waals surface area (Å²) in [7, 11) is 4.12. The topological polar surface area (TPSA) is 55.4 Å². The first-order chi connectivity index (χ1) is 16.4. The first-order valence-electron chi connectivity index (χ1n) is 14.1. The summed E-state index contributed by atoms with van der Waals surface area (Å²) in [6.07, 6.45) is 9.55. The molecule has 0 radical (unpaired) electrons. The first kappa shape index (κ1) is 33.3.